The minimum absolute atomic E-state index is 0.288. The van der Waals surface area contributed by atoms with E-state index in [0.717, 1.165) is 10.9 Å². The van der Waals surface area contributed by atoms with Crippen LogP contribution in [0.1, 0.15) is 10.4 Å². The molecule has 1 aromatic heterocycles. The molecule has 0 amide bonds. The molecule has 4 heteroatoms. The maximum absolute atomic E-state index is 10.6. The highest BCUT2D eigenvalue weighted by atomic mass is 16.4. The summed E-state index contributed by atoms with van der Waals surface area (Å²) in [6.45, 7) is 0. The van der Waals surface area contributed by atoms with E-state index in [1.54, 1.807) is 36.1 Å². The number of carboxylic acids is 1. The SMILES string of the molecule is Cn1ncc2ccc(C(=O)O)cc21. The first-order valence-corrected chi connectivity index (χ1v) is 3.83. The Morgan fingerprint density at radius 1 is 1.54 bits per heavy atom. The van der Waals surface area contributed by atoms with Crippen LogP contribution in [-0.2, 0) is 7.05 Å². The van der Waals surface area contributed by atoms with E-state index in [9.17, 15) is 4.79 Å². The Hall–Kier alpha value is -1.84. The maximum atomic E-state index is 10.6. The highest BCUT2D eigenvalue weighted by Crippen LogP contribution is 2.14. The first-order chi connectivity index (χ1) is 6.18. The Morgan fingerprint density at radius 2 is 2.31 bits per heavy atom. The van der Waals surface area contributed by atoms with Crippen molar-refractivity contribution in [3.05, 3.63) is 30.0 Å². The van der Waals surface area contributed by atoms with E-state index in [-0.39, 0.29) is 5.56 Å². The fourth-order valence-electron chi connectivity index (χ4n) is 1.28. The minimum Gasteiger partial charge on any atom is -0.478 e. The van der Waals surface area contributed by atoms with Crippen LogP contribution in [0.2, 0.25) is 0 Å². The zero-order valence-corrected chi connectivity index (χ0v) is 7.06. The lowest BCUT2D eigenvalue weighted by molar-refractivity contribution is 0.0697. The summed E-state index contributed by atoms with van der Waals surface area (Å²) < 4.78 is 1.65. The van der Waals surface area contributed by atoms with Gasteiger partial charge in [0.15, 0.2) is 0 Å². The summed E-state index contributed by atoms with van der Waals surface area (Å²) in [5.41, 5.74) is 1.12. The van der Waals surface area contributed by atoms with Crippen LogP contribution >= 0.6 is 0 Å². The molecule has 1 heterocycles. The van der Waals surface area contributed by atoms with Crippen LogP contribution in [0.15, 0.2) is 24.4 Å². The van der Waals surface area contributed by atoms with E-state index in [1.807, 2.05) is 0 Å². The highest BCUT2D eigenvalue weighted by molar-refractivity contribution is 5.93. The molecule has 0 aliphatic carbocycles. The third kappa shape index (κ3) is 1.16. The van der Waals surface area contributed by atoms with Crippen LogP contribution in [0.5, 0.6) is 0 Å². The van der Waals surface area contributed by atoms with Crippen molar-refractivity contribution in [3.63, 3.8) is 0 Å². The van der Waals surface area contributed by atoms with Crippen LogP contribution in [0.4, 0.5) is 0 Å². The Balaban J connectivity index is 2.72. The van der Waals surface area contributed by atoms with E-state index < -0.39 is 5.97 Å². The van der Waals surface area contributed by atoms with E-state index in [0.29, 0.717) is 0 Å². The number of aromatic carboxylic acids is 1. The van der Waals surface area contributed by atoms with Crippen molar-refractivity contribution in [3.8, 4) is 0 Å². The zero-order chi connectivity index (χ0) is 9.42. The van der Waals surface area contributed by atoms with Crippen molar-refractivity contribution >= 4 is 16.9 Å². The summed E-state index contributed by atoms with van der Waals surface area (Å²) in [4.78, 5) is 10.6. The van der Waals surface area contributed by atoms with E-state index in [2.05, 4.69) is 5.10 Å². The molecule has 66 valence electrons. The molecule has 0 unspecified atom stereocenters. The van der Waals surface area contributed by atoms with Gasteiger partial charge in [0.1, 0.15) is 0 Å². The predicted molar refractivity (Wildman–Crippen MR) is 47.7 cm³/mol. The molecule has 0 radical (unpaired) electrons. The molecule has 1 aromatic carbocycles. The molecule has 13 heavy (non-hydrogen) atoms. The molecule has 0 bridgehead atoms. The lowest BCUT2D eigenvalue weighted by Gasteiger charge is -1.96. The van der Waals surface area contributed by atoms with Gasteiger partial charge < -0.3 is 5.11 Å². The van der Waals surface area contributed by atoms with Crippen molar-refractivity contribution in [2.75, 3.05) is 0 Å². The van der Waals surface area contributed by atoms with E-state index in [1.165, 1.54) is 0 Å². The van der Waals surface area contributed by atoms with E-state index >= 15 is 0 Å². The molecular formula is C9H8N2O2. The molecule has 2 rings (SSSR count). The quantitative estimate of drug-likeness (QED) is 0.711. The minimum atomic E-state index is -0.914. The fourth-order valence-corrected chi connectivity index (χ4v) is 1.28. The van der Waals surface area contributed by atoms with Gasteiger partial charge in [-0.2, -0.15) is 5.10 Å². The first kappa shape index (κ1) is 7.79. The Labute approximate surface area is 74.4 Å². The Kier molecular flexibility index (Phi) is 1.55. The number of nitrogens with zero attached hydrogens (tertiary/aromatic N) is 2. The first-order valence-electron chi connectivity index (χ1n) is 3.83. The molecule has 0 atom stereocenters. The molecule has 0 aliphatic heterocycles. The molecule has 2 aromatic rings. The molecule has 0 aliphatic rings. The largest absolute Gasteiger partial charge is 0.478 e. The van der Waals surface area contributed by atoms with Gasteiger partial charge in [-0.05, 0) is 12.1 Å². The molecule has 0 saturated carbocycles. The molecule has 1 N–H and O–H groups in total. The van der Waals surface area contributed by atoms with Gasteiger partial charge >= 0.3 is 5.97 Å². The van der Waals surface area contributed by atoms with Crippen molar-refractivity contribution in [1.29, 1.82) is 0 Å². The summed E-state index contributed by atoms with van der Waals surface area (Å²) in [6.07, 6.45) is 1.71. The van der Waals surface area contributed by atoms with Crippen molar-refractivity contribution < 1.29 is 9.90 Å². The van der Waals surface area contributed by atoms with Gasteiger partial charge in [0, 0.05) is 12.4 Å². The van der Waals surface area contributed by atoms with Gasteiger partial charge in [0.25, 0.3) is 0 Å². The lowest BCUT2D eigenvalue weighted by atomic mass is 10.2. The number of rotatable bonds is 1. The monoisotopic (exact) mass is 176 g/mol. The van der Waals surface area contributed by atoms with Crippen LogP contribution in [0.3, 0.4) is 0 Å². The summed E-state index contributed by atoms with van der Waals surface area (Å²) in [7, 11) is 1.79. The molecule has 0 fully saturated rings. The van der Waals surface area contributed by atoms with Crippen LogP contribution in [0.25, 0.3) is 10.9 Å². The number of carbonyl (C=O) groups is 1. The topological polar surface area (TPSA) is 55.1 Å². The number of carboxylic acid groups (broad SMARTS) is 1. The summed E-state index contributed by atoms with van der Waals surface area (Å²) in [5, 5.41) is 13.7. The number of benzene rings is 1. The zero-order valence-electron chi connectivity index (χ0n) is 7.06. The van der Waals surface area contributed by atoms with Gasteiger partial charge in [-0.3, -0.25) is 4.68 Å². The second-order valence-corrected chi connectivity index (χ2v) is 2.85. The average Bonchev–Trinajstić information content (AvgIpc) is 2.47. The van der Waals surface area contributed by atoms with Crippen molar-refractivity contribution in [2.24, 2.45) is 7.05 Å². The predicted octanol–water partition coefficient (Wildman–Crippen LogP) is 1.27. The number of aryl methyl sites for hydroxylation is 1. The lowest BCUT2D eigenvalue weighted by Crippen LogP contribution is -1.96. The average molecular weight is 176 g/mol. The van der Waals surface area contributed by atoms with Crippen LogP contribution < -0.4 is 0 Å². The Bertz CT molecular complexity index is 473. The number of fused-ring (bicyclic) bond motifs is 1. The van der Waals surface area contributed by atoms with Gasteiger partial charge in [-0.25, -0.2) is 4.79 Å². The number of aromatic nitrogens is 2. The van der Waals surface area contributed by atoms with E-state index in [4.69, 9.17) is 5.11 Å². The van der Waals surface area contributed by atoms with Gasteiger partial charge in [-0.15, -0.1) is 0 Å². The number of hydrogen-bond acceptors (Lipinski definition) is 2. The van der Waals surface area contributed by atoms with Crippen molar-refractivity contribution in [1.82, 2.24) is 9.78 Å². The van der Waals surface area contributed by atoms with Gasteiger partial charge in [-0.1, -0.05) is 6.07 Å². The number of hydrogen-bond donors (Lipinski definition) is 1. The maximum Gasteiger partial charge on any atom is 0.335 e. The standard InChI is InChI=1S/C9H8N2O2/c1-11-8-4-6(9(12)13)2-3-7(8)5-10-11/h2-5H,1H3,(H,12,13). The second kappa shape index (κ2) is 2.58. The highest BCUT2D eigenvalue weighted by Gasteiger charge is 2.05. The van der Waals surface area contributed by atoms with Gasteiger partial charge in [0.05, 0.1) is 17.3 Å². The third-order valence-corrected chi connectivity index (χ3v) is 2.00. The summed E-state index contributed by atoms with van der Waals surface area (Å²) in [6, 6.07) is 4.95. The molecule has 4 nitrogen and oxygen atoms in total. The van der Waals surface area contributed by atoms with Crippen LogP contribution in [0, 0.1) is 0 Å². The normalized spacial score (nSPS) is 10.5. The molecule has 0 spiro atoms. The summed E-state index contributed by atoms with van der Waals surface area (Å²) in [5.74, 6) is -0.914. The second-order valence-electron chi connectivity index (χ2n) is 2.85. The Morgan fingerprint density at radius 3 is 3.00 bits per heavy atom. The third-order valence-electron chi connectivity index (χ3n) is 2.00. The molecular weight excluding hydrogens is 168 g/mol. The van der Waals surface area contributed by atoms with Crippen molar-refractivity contribution in [2.45, 2.75) is 0 Å². The molecule has 0 saturated heterocycles. The fraction of sp³-hybridized carbons (Fsp3) is 0.111. The van der Waals surface area contributed by atoms with Crippen LogP contribution in [-0.4, -0.2) is 20.9 Å². The van der Waals surface area contributed by atoms with Gasteiger partial charge in [0.2, 0.25) is 0 Å². The summed E-state index contributed by atoms with van der Waals surface area (Å²) >= 11 is 0. The smallest absolute Gasteiger partial charge is 0.335 e.